The molecule has 1 heterocycles. The molecule has 1 atom stereocenters. The Hall–Kier alpha value is -2.71. The highest BCUT2D eigenvalue weighted by Crippen LogP contribution is 2.24. The molecule has 0 aromatic heterocycles. The Bertz CT molecular complexity index is 1080. The van der Waals surface area contributed by atoms with Crippen LogP contribution >= 0.6 is 0 Å². The number of nitrogens with one attached hydrogen (secondary N) is 1. The summed E-state index contributed by atoms with van der Waals surface area (Å²) in [7, 11) is -3.63. The van der Waals surface area contributed by atoms with Crippen LogP contribution in [0.15, 0.2) is 59.5 Å². The summed E-state index contributed by atoms with van der Waals surface area (Å²) in [5.41, 5.74) is 1.35. The maximum absolute atomic E-state index is 13.1. The van der Waals surface area contributed by atoms with E-state index in [4.69, 9.17) is 0 Å². The Balaban J connectivity index is 1.60. The molecule has 2 aromatic carbocycles. The highest BCUT2D eigenvalue weighted by molar-refractivity contribution is 7.89. The summed E-state index contributed by atoms with van der Waals surface area (Å²) >= 11 is 0. The van der Waals surface area contributed by atoms with Gasteiger partial charge in [-0.2, -0.15) is 4.31 Å². The summed E-state index contributed by atoms with van der Waals surface area (Å²) in [5, 5.41) is 3.02. The number of carbonyl (C=O) groups excluding carboxylic acids is 2. The van der Waals surface area contributed by atoms with Gasteiger partial charge in [0.25, 0.3) is 5.91 Å². The number of amides is 2. The smallest absolute Gasteiger partial charge is 0.251 e. The molecule has 0 bridgehead atoms. The molecular formula is C26H35N3O4S. The fourth-order valence-electron chi connectivity index (χ4n) is 4.48. The molecule has 2 aromatic rings. The normalized spacial score (nSPS) is 15.8. The molecule has 0 spiro atoms. The van der Waals surface area contributed by atoms with Crippen molar-refractivity contribution in [1.82, 2.24) is 14.5 Å². The second-order valence-electron chi connectivity index (χ2n) is 8.56. The van der Waals surface area contributed by atoms with Crippen LogP contribution in [0.2, 0.25) is 0 Å². The topological polar surface area (TPSA) is 86.8 Å². The number of carbonyl (C=O) groups is 2. The molecule has 1 aliphatic heterocycles. The molecule has 1 unspecified atom stereocenters. The van der Waals surface area contributed by atoms with Gasteiger partial charge in [0.15, 0.2) is 0 Å². The average Bonchev–Trinajstić information content (AvgIpc) is 2.86. The van der Waals surface area contributed by atoms with E-state index in [9.17, 15) is 18.0 Å². The van der Waals surface area contributed by atoms with Crippen molar-refractivity contribution in [3.63, 3.8) is 0 Å². The zero-order valence-corrected chi connectivity index (χ0v) is 21.1. The molecule has 2 amide bonds. The molecule has 0 aliphatic carbocycles. The van der Waals surface area contributed by atoms with E-state index in [-0.39, 0.29) is 28.7 Å². The van der Waals surface area contributed by atoms with Crippen molar-refractivity contribution in [2.45, 2.75) is 56.9 Å². The Morgan fingerprint density at radius 3 is 2.24 bits per heavy atom. The van der Waals surface area contributed by atoms with Crippen LogP contribution in [0.1, 0.15) is 61.9 Å². The Kier molecular flexibility index (Phi) is 8.85. The molecule has 8 heteroatoms. The highest BCUT2D eigenvalue weighted by atomic mass is 32.2. The van der Waals surface area contributed by atoms with Gasteiger partial charge in [0.1, 0.15) is 0 Å². The van der Waals surface area contributed by atoms with Crippen molar-refractivity contribution < 1.29 is 18.0 Å². The third-order valence-electron chi connectivity index (χ3n) is 6.49. The lowest BCUT2D eigenvalue weighted by atomic mass is 9.93. The van der Waals surface area contributed by atoms with Gasteiger partial charge < -0.3 is 10.2 Å². The molecule has 1 aliphatic rings. The molecule has 1 fully saturated rings. The maximum atomic E-state index is 13.1. The van der Waals surface area contributed by atoms with Crippen LogP contribution in [0.25, 0.3) is 0 Å². The molecule has 34 heavy (non-hydrogen) atoms. The molecule has 3 rings (SSSR count). The SMILES string of the molecule is CCC(C(=O)N1CCC(NC(=O)c2cccc(S(=O)(=O)N(CC)CC)c2)CC1)c1ccccc1. The largest absolute Gasteiger partial charge is 0.349 e. The molecule has 7 nitrogen and oxygen atoms in total. The van der Waals surface area contributed by atoms with Crippen LogP contribution in [-0.4, -0.2) is 61.7 Å². The summed E-state index contributed by atoms with van der Waals surface area (Å²) < 4.78 is 27.0. The lowest BCUT2D eigenvalue weighted by Gasteiger charge is -2.34. The van der Waals surface area contributed by atoms with Crippen LogP contribution in [-0.2, 0) is 14.8 Å². The molecule has 0 radical (unpaired) electrons. The third-order valence-corrected chi connectivity index (χ3v) is 8.54. The van der Waals surface area contributed by atoms with E-state index in [2.05, 4.69) is 5.32 Å². The van der Waals surface area contributed by atoms with E-state index in [1.54, 1.807) is 26.0 Å². The minimum absolute atomic E-state index is 0.0589. The summed E-state index contributed by atoms with van der Waals surface area (Å²) in [4.78, 5) is 28.0. The fourth-order valence-corrected chi connectivity index (χ4v) is 5.99. The minimum Gasteiger partial charge on any atom is -0.349 e. The third kappa shape index (κ3) is 5.85. The number of sulfonamides is 1. The number of hydrogen-bond donors (Lipinski definition) is 1. The van der Waals surface area contributed by atoms with Crippen molar-refractivity contribution >= 4 is 21.8 Å². The second-order valence-corrected chi connectivity index (χ2v) is 10.5. The summed E-state index contributed by atoms with van der Waals surface area (Å²) in [6, 6.07) is 16.0. The van der Waals surface area contributed by atoms with E-state index >= 15 is 0 Å². The van der Waals surface area contributed by atoms with Crippen LogP contribution in [0.4, 0.5) is 0 Å². The number of likely N-dealkylation sites (tertiary alicyclic amines) is 1. The van der Waals surface area contributed by atoms with Crippen molar-refractivity contribution in [1.29, 1.82) is 0 Å². The number of nitrogens with zero attached hydrogens (tertiary/aromatic N) is 2. The standard InChI is InChI=1S/C26H35N3O4S/c1-4-24(20-11-8-7-9-12-20)26(31)28-17-15-22(16-18-28)27-25(30)21-13-10-14-23(19-21)34(32,33)29(5-2)6-3/h7-14,19,22,24H,4-6,15-18H2,1-3H3,(H,27,30). The summed E-state index contributed by atoms with van der Waals surface area (Å²) in [5.74, 6) is -0.312. The lowest BCUT2D eigenvalue weighted by Crippen LogP contribution is -2.47. The first-order chi connectivity index (χ1) is 16.3. The molecule has 184 valence electrons. The van der Waals surface area contributed by atoms with Crippen molar-refractivity contribution in [3.05, 3.63) is 65.7 Å². The van der Waals surface area contributed by atoms with Crippen molar-refractivity contribution in [2.24, 2.45) is 0 Å². The second kappa shape index (κ2) is 11.6. The zero-order valence-electron chi connectivity index (χ0n) is 20.2. The predicted molar refractivity (Wildman–Crippen MR) is 133 cm³/mol. The van der Waals surface area contributed by atoms with E-state index in [1.807, 2.05) is 42.2 Å². The Labute approximate surface area is 203 Å². The highest BCUT2D eigenvalue weighted by Gasteiger charge is 2.29. The maximum Gasteiger partial charge on any atom is 0.251 e. The van der Waals surface area contributed by atoms with Gasteiger partial charge >= 0.3 is 0 Å². The van der Waals surface area contributed by atoms with E-state index in [0.717, 1.165) is 12.0 Å². The fraction of sp³-hybridized carbons (Fsp3) is 0.462. The van der Waals surface area contributed by atoms with Gasteiger partial charge in [-0.15, -0.1) is 0 Å². The van der Waals surface area contributed by atoms with Gasteiger partial charge in [-0.25, -0.2) is 8.42 Å². The first-order valence-corrected chi connectivity index (χ1v) is 13.5. The quantitative estimate of drug-likeness (QED) is 0.588. The first-order valence-electron chi connectivity index (χ1n) is 12.1. The van der Waals surface area contributed by atoms with Gasteiger partial charge in [0.05, 0.1) is 10.8 Å². The number of rotatable bonds is 9. The molecular weight excluding hydrogens is 450 g/mol. The number of benzene rings is 2. The van der Waals surface area contributed by atoms with E-state index < -0.39 is 10.0 Å². The Morgan fingerprint density at radius 1 is 1.00 bits per heavy atom. The van der Waals surface area contributed by atoms with E-state index in [0.29, 0.717) is 44.6 Å². The molecule has 1 N–H and O–H groups in total. The number of piperidine rings is 1. The first kappa shape index (κ1) is 25.9. The van der Waals surface area contributed by atoms with Crippen LogP contribution in [0.3, 0.4) is 0 Å². The molecule has 0 saturated carbocycles. The predicted octanol–water partition coefficient (Wildman–Crippen LogP) is 3.63. The number of hydrogen-bond acceptors (Lipinski definition) is 4. The lowest BCUT2D eigenvalue weighted by molar-refractivity contribution is -0.134. The van der Waals surface area contributed by atoms with Gasteiger partial charge in [0.2, 0.25) is 15.9 Å². The van der Waals surface area contributed by atoms with Crippen molar-refractivity contribution in [3.8, 4) is 0 Å². The Morgan fingerprint density at radius 2 is 1.65 bits per heavy atom. The van der Waals surface area contributed by atoms with Crippen molar-refractivity contribution in [2.75, 3.05) is 26.2 Å². The summed E-state index contributed by atoms with van der Waals surface area (Å²) in [6.45, 7) is 7.52. The van der Waals surface area contributed by atoms with Crippen LogP contribution in [0, 0.1) is 0 Å². The van der Waals surface area contributed by atoms with Gasteiger partial charge in [0, 0.05) is 37.8 Å². The minimum atomic E-state index is -3.63. The van der Waals surface area contributed by atoms with Crippen LogP contribution < -0.4 is 5.32 Å². The van der Waals surface area contributed by atoms with Gasteiger partial charge in [-0.1, -0.05) is 57.2 Å². The van der Waals surface area contributed by atoms with Gasteiger partial charge in [-0.3, -0.25) is 9.59 Å². The van der Waals surface area contributed by atoms with Crippen LogP contribution in [0.5, 0.6) is 0 Å². The molecule has 1 saturated heterocycles. The van der Waals surface area contributed by atoms with E-state index in [1.165, 1.54) is 16.4 Å². The average molecular weight is 486 g/mol. The van der Waals surface area contributed by atoms with Gasteiger partial charge in [-0.05, 0) is 43.0 Å². The monoisotopic (exact) mass is 485 g/mol. The summed E-state index contributed by atoms with van der Waals surface area (Å²) in [6.07, 6.45) is 2.08. The zero-order chi connectivity index (χ0) is 24.7.